The first kappa shape index (κ1) is 25.2. The zero-order valence-corrected chi connectivity index (χ0v) is 9.27. The molecule has 15 heteroatoms. The van der Waals surface area contributed by atoms with Gasteiger partial charge in [-0.1, -0.05) is 7.43 Å². The first-order valence-corrected chi connectivity index (χ1v) is 7.04. The number of rotatable bonds is 0. The third-order valence-corrected chi connectivity index (χ3v) is 0. The summed E-state index contributed by atoms with van der Waals surface area (Å²) in [6.45, 7) is 0. The van der Waals surface area contributed by atoms with Crippen molar-refractivity contribution < 1.29 is 57.7 Å². The second-order valence-electron chi connectivity index (χ2n) is 1.54. The normalized spacial score (nSPS) is 11.1. The van der Waals surface area contributed by atoms with Gasteiger partial charge in [-0.15, -0.1) is 0 Å². The van der Waals surface area contributed by atoms with E-state index in [9.17, 15) is 0 Å². The molecular weight excluding hydrogens is 297 g/mol. The first-order chi connectivity index (χ1) is 6.00. The van der Waals surface area contributed by atoms with E-state index in [1.54, 1.807) is 0 Å². The van der Waals surface area contributed by atoms with Gasteiger partial charge in [0.05, 0.1) is 0 Å². The third-order valence-electron chi connectivity index (χ3n) is 0. The standard InChI is InChI=1S/CH4.3H3O4P/c;3*1-5(2,3)4/h1H4;3*(H3,1,2,3,4). The summed E-state index contributed by atoms with van der Waals surface area (Å²) in [5.74, 6) is 0. The first-order valence-electron chi connectivity index (χ1n) is 2.35. The van der Waals surface area contributed by atoms with Crippen molar-refractivity contribution in [3.8, 4) is 0 Å². The lowest BCUT2D eigenvalue weighted by molar-refractivity contribution is 0.272. The van der Waals surface area contributed by atoms with E-state index in [2.05, 4.69) is 0 Å². The van der Waals surface area contributed by atoms with E-state index in [-0.39, 0.29) is 7.43 Å². The molecule has 0 aromatic carbocycles. The quantitative estimate of drug-likeness (QED) is 0.218. The average molecular weight is 310 g/mol. The second kappa shape index (κ2) is 9.37. The van der Waals surface area contributed by atoms with Crippen molar-refractivity contribution in [3.05, 3.63) is 0 Å². The molecular formula is CH13O12P3. The zero-order chi connectivity index (χ0) is 13.5. The van der Waals surface area contributed by atoms with Gasteiger partial charge in [0.25, 0.3) is 0 Å². The van der Waals surface area contributed by atoms with Crippen molar-refractivity contribution in [2.45, 2.75) is 7.43 Å². The predicted molar refractivity (Wildman–Crippen MR) is 49.5 cm³/mol. The van der Waals surface area contributed by atoms with E-state index in [4.69, 9.17) is 57.7 Å². The fraction of sp³-hybridized carbons (Fsp3) is 1.00. The molecule has 0 aromatic rings. The van der Waals surface area contributed by atoms with Gasteiger partial charge >= 0.3 is 23.5 Å². The van der Waals surface area contributed by atoms with Crippen molar-refractivity contribution in [2.24, 2.45) is 0 Å². The molecule has 0 amide bonds. The summed E-state index contributed by atoms with van der Waals surface area (Å²) in [5, 5.41) is 0. The minimum Gasteiger partial charge on any atom is -0.303 e. The van der Waals surface area contributed by atoms with Crippen LogP contribution >= 0.6 is 23.5 Å². The molecule has 104 valence electrons. The van der Waals surface area contributed by atoms with Crippen LogP contribution in [0.25, 0.3) is 0 Å². The topological polar surface area (TPSA) is 233 Å². The maximum atomic E-state index is 8.88. The summed E-state index contributed by atoms with van der Waals surface area (Å²) < 4.78 is 26.6. The van der Waals surface area contributed by atoms with E-state index in [1.165, 1.54) is 0 Å². The second-order valence-corrected chi connectivity index (χ2v) is 4.62. The molecule has 0 fully saturated rings. The van der Waals surface area contributed by atoms with Crippen LogP contribution in [0.4, 0.5) is 0 Å². The predicted octanol–water partition coefficient (Wildman–Crippen LogP) is -2.15. The lowest BCUT2D eigenvalue weighted by atomic mass is 12.0. The van der Waals surface area contributed by atoms with Gasteiger partial charge in [-0.3, -0.25) is 0 Å². The highest BCUT2D eigenvalue weighted by Crippen LogP contribution is 2.26. The van der Waals surface area contributed by atoms with Crippen LogP contribution in [-0.4, -0.2) is 44.0 Å². The van der Waals surface area contributed by atoms with Crippen LogP contribution in [0.5, 0.6) is 0 Å². The molecule has 0 atom stereocenters. The Morgan fingerprint density at radius 1 is 0.438 bits per heavy atom. The van der Waals surface area contributed by atoms with Gasteiger partial charge in [0.1, 0.15) is 0 Å². The zero-order valence-electron chi connectivity index (χ0n) is 6.59. The Kier molecular flexibility index (Phi) is 14.8. The van der Waals surface area contributed by atoms with Crippen LogP contribution in [0.3, 0.4) is 0 Å². The smallest absolute Gasteiger partial charge is 0.303 e. The van der Waals surface area contributed by atoms with E-state index in [1.807, 2.05) is 0 Å². The molecule has 16 heavy (non-hydrogen) atoms. The van der Waals surface area contributed by atoms with Crippen molar-refractivity contribution in [1.29, 1.82) is 0 Å². The van der Waals surface area contributed by atoms with Crippen molar-refractivity contribution >= 4 is 23.5 Å². The molecule has 0 heterocycles. The Hall–Kier alpha value is 0.330. The average Bonchev–Trinajstić information content (AvgIpc) is 1.41. The van der Waals surface area contributed by atoms with E-state index in [0.29, 0.717) is 0 Å². The fourth-order valence-electron chi connectivity index (χ4n) is 0. The molecule has 0 aromatic heterocycles. The maximum Gasteiger partial charge on any atom is 0.466 e. The summed E-state index contributed by atoms with van der Waals surface area (Å²) in [7, 11) is -13.9. The Bertz CT molecular complexity index is 202. The number of hydrogen-bond acceptors (Lipinski definition) is 3. The monoisotopic (exact) mass is 310 g/mol. The third kappa shape index (κ3) is 23400. The van der Waals surface area contributed by atoms with E-state index >= 15 is 0 Å². The fourth-order valence-corrected chi connectivity index (χ4v) is 0. The van der Waals surface area contributed by atoms with E-state index in [0.717, 1.165) is 0 Å². The summed E-state index contributed by atoms with van der Waals surface area (Å²) in [6, 6.07) is 0. The number of hydrogen-bond donors (Lipinski definition) is 9. The van der Waals surface area contributed by atoms with Crippen LogP contribution in [-0.2, 0) is 13.7 Å². The van der Waals surface area contributed by atoms with Crippen LogP contribution < -0.4 is 0 Å². The van der Waals surface area contributed by atoms with Gasteiger partial charge in [0.15, 0.2) is 0 Å². The molecule has 0 spiro atoms. The van der Waals surface area contributed by atoms with Gasteiger partial charge in [-0.25, -0.2) is 13.7 Å². The highest BCUT2D eigenvalue weighted by Gasteiger charge is 2.01. The molecule has 0 aliphatic rings. The molecule has 0 radical (unpaired) electrons. The van der Waals surface area contributed by atoms with Crippen LogP contribution in [0.2, 0.25) is 0 Å². The SMILES string of the molecule is C.O=P(O)(O)O.O=P(O)(O)O.O=P(O)(O)O. The largest absolute Gasteiger partial charge is 0.466 e. The Morgan fingerprint density at radius 2 is 0.438 bits per heavy atom. The van der Waals surface area contributed by atoms with Gasteiger partial charge < -0.3 is 44.0 Å². The molecule has 0 saturated carbocycles. The molecule has 0 aliphatic carbocycles. The van der Waals surface area contributed by atoms with Crippen LogP contribution in [0.1, 0.15) is 7.43 Å². The molecule has 0 rings (SSSR count). The Balaban J connectivity index is -0.0000000655. The Labute approximate surface area is 89.6 Å². The van der Waals surface area contributed by atoms with E-state index < -0.39 is 23.5 Å². The minimum atomic E-state index is -4.64. The molecule has 0 unspecified atom stereocenters. The van der Waals surface area contributed by atoms with Crippen LogP contribution in [0.15, 0.2) is 0 Å². The molecule has 12 nitrogen and oxygen atoms in total. The Morgan fingerprint density at radius 3 is 0.438 bits per heavy atom. The number of phosphoric acid groups is 3. The molecule has 0 saturated heterocycles. The van der Waals surface area contributed by atoms with Crippen LogP contribution in [0, 0.1) is 0 Å². The van der Waals surface area contributed by atoms with Crippen molar-refractivity contribution in [1.82, 2.24) is 0 Å². The summed E-state index contributed by atoms with van der Waals surface area (Å²) in [6.07, 6.45) is 0. The lowest BCUT2D eigenvalue weighted by Crippen LogP contribution is -1.66. The highest BCUT2D eigenvalue weighted by atomic mass is 31.2. The molecule has 0 bridgehead atoms. The minimum absolute atomic E-state index is 0. The molecule has 0 aliphatic heterocycles. The van der Waals surface area contributed by atoms with Gasteiger partial charge in [-0.2, -0.15) is 0 Å². The van der Waals surface area contributed by atoms with Crippen molar-refractivity contribution in [3.63, 3.8) is 0 Å². The lowest BCUT2D eigenvalue weighted by Gasteiger charge is -1.82. The van der Waals surface area contributed by atoms with Gasteiger partial charge in [0, 0.05) is 0 Å². The molecule has 9 N–H and O–H groups in total. The van der Waals surface area contributed by atoms with Gasteiger partial charge in [-0.05, 0) is 0 Å². The maximum absolute atomic E-state index is 8.88. The van der Waals surface area contributed by atoms with Gasteiger partial charge in [0.2, 0.25) is 0 Å². The van der Waals surface area contributed by atoms with Crippen molar-refractivity contribution in [2.75, 3.05) is 0 Å². The summed E-state index contributed by atoms with van der Waals surface area (Å²) >= 11 is 0. The highest BCUT2D eigenvalue weighted by molar-refractivity contribution is 7.45. The summed E-state index contributed by atoms with van der Waals surface area (Å²) in [4.78, 5) is 64.7. The summed E-state index contributed by atoms with van der Waals surface area (Å²) in [5.41, 5.74) is 0.